The van der Waals surface area contributed by atoms with Gasteiger partial charge in [-0.1, -0.05) is 66.3 Å². The third-order valence-electron chi connectivity index (χ3n) is 6.66. The summed E-state index contributed by atoms with van der Waals surface area (Å²) in [5.41, 5.74) is 2.52. The Kier molecular flexibility index (Phi) is 6.87. The second kappa shape index (κ2) is 9.99. The maximum absolute atomic E-state index is 13.8. The number of hydrogen-bond donors (Lipinski definition) is 0. The van der Waals surface area contributed by atoms with Gasteiger partial charge in [-0.2, -0.15) is 0 Å². The molecule has 0 spiro atoms. The van der Waals surface area contributed by atoms with Crippen LogP contribution in [0.15, 0.2) is 77.8 Å². The van der Waals surface area contributed by atoms with Gasteiger partial charge in [-0.15, -0.1) is 0 Å². The van der Waals surface area contributed by atoms with Gasteiger partial charge in [0, 0.05) is 24.8 Å². The van der Waals surface area contributed by atoms with E-state index in [2.05, 4.69) is 29.9 Å². The lowest BCUT2D eigenvalue weighted by Gasteiger charge is -2.36. The van der Waals surface area contributed by atoms with Crippen LogP contribution in [0.1, 0.15) is 41.9 Å². The maximum atomic E-state index is 13.8. The summed E-state index contributed by atoms with van der Waals surface area (Å²) in [4.78, 5) is 30.0. The van der Waals surface area contributed by atoms with Gasteiger partial charge in [0.1, 0.15) is 11.5 Å². The van der Waals surface area contributed by atoms with Crippen molar-refractivity contribution in [2.24, 2.45) is 10.9 Å². The molecule has 2 aliphatic rings. The number of aliphatic imine (C=N–C) groups is 1. The molecule has 2 unspecified atom stereocenters. The standard InChI is InChI=1S/C28H29NO4/c1-20-13-15-21(16-14-20)33-27(31)32-19-17-28(26(30)12-7-18-29-2)24-10-5-3-8-22(24)23-9-4-6-11-25(23)28/h3-6,8-11,13-16,22,24H,2,7,12,17-19H2,1H3/t22-,24?,28?/m0/s1. The van der Waals surface area contributed by atoms with Gasteiger partial charge in [-0.05, 0) is 49.7 Å². The Morgan fingerprint density at radius 1 is 1.06 bits per heavy atom. The minimum absolute atomic E-state index is 0.0131. The van der Waals surface area contributed by atoms with Crippen LogP contribution in [0.4, 0.5) is 4.79 Å². The molecule has 0 radical (unpaired) electrons. The molecule has 5 nitrogen and oxygen atoms in total. The minimum atomic E-state index is -0.765. The van der Waals surface area contributed by atoms with E-state index in [-0.39, 0.29) is 24.2 Å². The Hall–Kier alpha value is -3.47. The number of carbonyl (C=O) groups is 2. The van der Waals surface area contributed by atoms with Crippen molar-refractivity contribution in [2.45, 2.75) is 37.5 Å². The fraction of sp³-hybridized carbons (Fsp3) is 0.321. The smallest absolute Gasteiger partial charge is 0.434 e. The third-order valence-corrected chi connectivity index (χ3v) is 6.66. The fourth-order valence-corrected chi connectivity index (χ4v) is 5.13. The lowest BCUT2D eigenvalue weighted by atomic mass is 9.66. The normalized spacial score (nSPS) is 22.3. The van der Waals surface area contributed by atoms with Crippen molar-refractivity contribution in [3.63, 3.8) is 0 Å². The largest absolute Gasteiger partial charge is 0.513 e. The summed E-state index contributed by atoms with van der Waals surface area (Å²) in [6.07, 6.45) is 9.02. The first-order valence-electron chi connectivity index (χ1n) is 11.4. The topological polar surface area (TPSA) is 65.0 Å². The third kappa shape index (κ3) is 4.54. The summed E-state index contributed by atoms with van der Waals surface area (Å²) in [5.74, 6) is 0.703. The first kappa shape index (κ1) is 22.7. The van der Waals surface area contributed by atoms with E-state index in [1.807, 2.05) is 49.4 Å². The van der Waals surface area contributed by atoms with Gasteiger partial charge in [0.2, 0.25) is 0 Å². The number of rotatable bonds is 9. The summed E-state index contributed by atoms with van der Waals surface area (Å²) in [6.45, 7) is 6.13. The molecule has 2 aliphatic carbocycles. The Labute approximate surface area is 194 Å². The highest BCUT2D eigenvalue weighted by Gasteiger charge is 2.54. The number of carbonyl (C=O) groups excluding carboxylic acids is 2. The zero-order valence-corrected chi connectivity index (χ0v) is 18.9. The first-order chi connectivity index (χ1) is 16.1. The van der Waals surface area contributed by atoms with Gasteiger partial charge >= 0.3 is 6.16 Å². The van der Waals surface area contributed by atoms with Crippen LogP contribution in [0.3, 0.4) is 0 Å². The average Bonchev–Trinajstić information content (AvgIpc) is 3.12. The molecule has 0 N–H and O–H groups in total. The number of aryl methyl sites for hydroxylation is 1. The number of ether oxygens (including phenoxy) is 2. The van der Waals surface area contributed by atoms with Crippen LogP contribution < -0.4 is 4.74 Å². The number of hydrogen-bond acceptors (Lipinski definition) is 5. The van der Waals surface area contributed by atoms with E-state index in [1.54, 1.807) is 12.1 Å². The van der Waals surface area contributed by atoms with Gasteiger partial charge in [0.05, 0.1) is 12.0 Å². The molecular formula is C28H29NO4. The summed E-state index contributed by atoms with van der Waals surface area (Å²) in [6, 6.07) is 15.3. The van der Waals surface area contributed by atoms with Gasteiger partial charge < -0.3 is 14.5 Å². The SMILES string of the molecule is C=NCCCC(=O)C1(CCOC(=O)Oc2ccc(C)cc2)c2ccccc2[C@@H]2C=CC=CC21. The molecule has 3 atom stereocenters. The molecule has 0 amide bonds. The fourth-order valence-electron chi connectivity index (χ4n) is 5.13. The van der Waals surface area contributed by atoms with E-state index in [4.69, 9.17) is 9.47 Å². The molecule has 0 saturated carbocycles. The zero-order chi connectivity index (χ0) is 23.3. The Morgan fingerprint density at radius 3 is 2.61 bits per heavy atom. The number of allylic oxidation sites excluding steroid dienone is 4. The van der Waals surface area contributed by atoms with Crippen molar-refractivity contribution >= 4 is 18.7 Å². The molecule has 0 fully saturated rings. The van der Waals surface area contributed by atoms with Crippen molar-refractivity contribution in [3.05, 3.63) is 89.5 Å². The quantitative estimate of drug-likeness (QED) is 0.215. The van der Waals surface area contributed by atoms with Crippen molar-refractivity contribution in [1.29, 1.82) is 0 Å². The van der Waals surface area contributed by atoms with E-state index >= 15 is 0 Å². The first-order valence-corrected chi connectivity index (χ1v) is 11.4. The predicted octanol–water partition coefficient (Wildman–Crippen LogP) is 5.73. The predicted molar refractivity (Wildman–Crippen MR) is 129 cm³/mol. The molecule has 0 heterocycles. The van der Waals surface area contributed by atoms with Gasteiger partial charge in [0.15, 0.2) is 0 Å². The summed E-state index contributed by atoms with van der Waals surface area (Å²) >= 11 is 0. The monoisotopic (exact) mass is 443 g/mol. The molecule has 4 rings (SSSR count). The van der Waals surface area contributed by atoms with Crippen LogP contribution in [0.2, 0.25) is 0 Å². The molecule has 0 bridgehead atoms. The molecule has 33 heavy (non-hydrogen) atoms. The van der Waals surface area contributed by atoms with E-state index in [9.17, 15) is 9.59 Å². The highest BCUT2D eigenvalue weighted by atomic mass is 16.7. The molecule has 2 aromatic carbocycles. The Balaban J connectivity index is 1.55. The van der Waals surface area contributed by atoms with Crippen molar-refractivity contribution < 1.29 is 19.1 Å². The number of benzene rings is 2. The van der Waals surface area contributed by atoms with Crippen molar-refractivity contribution in [3.8, 4) is 5.75 Å². The van der Waals surface area contributed by atoms with E-state index in [0.29, 0.717) is 31.6 Å². The Bertz CT molecular complexity index is 1090. The van der Waals surface area contributed by atoms with Crippen LogP contribution in [-0.2, 0) is 14.9 Å². The Morgan fingerprint density at radius 2 is 1.82 bits per heavy atom. The maximum Gasteiger partial charge on any atom is 0.513 e. The minimum Gasteiger partial charge on any atom is -0.434 e. The number of fused-ring (bicyclic) bond motifs is 3. The molecule has 0 aromatic heterocycles. The average molecular weight is 444 g/mol. The second-order valence-corrected chi connectivity index (χ2v) is 8.62. The lowest BCUT2D eigenvalue weighted by molar-refractivity contribution is -0.126. The number of ketones is 1. The number of Topliss-reactive ketones (excluding diaryl/α,β-unsaturated/α-hetero) is 1. The van der Waals surface area contributed by atoms with Gasteiger partial charge in [-0.25, -0.2) is 4.79 Å². The van der Waals surface area contributed by atoms with Crippen LogP contribution in [0, 0.1) is 12.8 Å². The molecule has 170 valence electrons. The van der Waals surface area contributed by atoms with Crippen molar-refractivity contribution in [1.82, 2.24) is 0 Å². The van der Waals surface area contributed by atoms with Crippen LogP contribution in [0.25, 0.3) is 0 Å². The summed E-state index contributed by atoms with van der Waals surface area (Å²) in [5, 5.41) is 0. The molecule has 2 aromatic rings. The zero-order valence-electron chi connectivity index (χ0n) is 18.9. The highest BCUT2D eigenvalue weighted by molar-refractivity contribution is 5.93. The molecular weight excluding hydrogens is 414 g/mol. The van der Waals surface area contributed by atoms with Crippen LogP contribution in [0.5, 0.6) is 5.75 Å². The van der Waals surface area contributed by atoms with Gasteiger partial charge in [0.25, 0.3) is 0 Å². The highest BCUT2D eigenvalue weighted by Crippen LogP contribution is 2.55. The molecule has 0 aliphatic heterocycles. The van der Waals surface area contributed by atoms with Crippen LogP contribution in [-0.4, -0.2) is 31.8 Å². The molecule has 5 heteroatoms. The van der Waals surface area contributed by atoms with Crippen molar-refractivity contribution in [2.75, 3.05) is 13.2 Å². The van der Waals surface area contributed by atoms with E-state index in [0.717, 1.165) is 11.1 Å². The van der Waals surface area contributed by atoms with E-state index in [1.165, 1.54) is 5.56 Å². The summed E-state index contributed by atoms with van der Waals surface area (Å²) < 4.78 is 10.7. The van der Waals surface area contributed by atoms with Crippen LogP contribution >= 0.6 is 0 Å². The summed E-state index contributed by atoms with van der Waals surface area (Å²) in [7, 11) is 0. The second-order valence-electron chi connectivity index (χ2n) is 8.62. The number of nitrogens with zero attached hydrogens (tertiary/aromatic N) is 1. The van der Waals surface area contributed by atoms with Gasteiger partial charge in [-0.3, -0.25) is 4.79 Å². The molecule has 0 saturated heterocycles. The lowest BCUT2D eigenvalue weighted by Crippen LogP contribution is -2.42. The van der Waals surface area contributed by atoms with E-state index < -0.39 is 11.6 Å².